The molecule has 2 heterocycles. The van der Waals surface area contributed by atoms with Gasteiger partial charge in [0.05, 0.1) is 25.8 Å². The first-order chi connectivity index (χ1) is 11.1. The van der Waals surface area contributed by atoms with Gasteiger partial charge in [-0.15, -0.1) is 0 Å². The second-order valence-corrected chi connectivity index (χ2v) is 5.87. The summed E-state index contributed by atoms with van der Waals surface area (Å²) in [6.45, 7) is 2.86. The van der Waals surface area contributed by atoms with Gasteiger partial charge in [0.2, 0.25) is 0 Å². The number of aromatic amines is 1. The predicted octanol–water partition coefficient (Wildman–Crippen LogP) is 2.94. The zero-order valence-electron chi connectivity index (χ0n) is 12.8. The number of fused-ring (bicyclic) bond motifs is 1. The quantitative estimate of drug-likeness (QED) is 0.741. The summed E-state index contributed by atoms with van der Waals surface area (Å²) >= 11 is 3.35. The maximum Gasteiger partial charge on any atom is 0.327 e. The van der Waals surface area contributed by atoms with Crippen LogP contribution in [0.4, 0.5) is 0 Å². The van der Waals surface area contributed by atoms with Crippen LogP contribution in [0.1, 0.15) is 12.5 Å². The first-order valence-electron chi connectivity index (χ1n) is 7.16. The number of nitrogens with one attached hydrogen (secondary N) is 1. The van der Waals surface area contributed by atoms with E-state index in [2.05, 4.69) is 25.9 Å². The van der Waals surface area contributed by atoms with E-state index in [-0.39, 0.29) is 5.69 Å². The van der Waals surface area contributed by atoms with Gasteiger partial charge in [0.25, 0.3) is 0 Å². The van der Waals surface area contributed by atoms with E-state index in [4.69, 9.17) is 9.47 Å². The fraction of sp³-hybridized carbons (Fsp3) is 0.250. The number of pyridine rings is 1. The van der Waals surface area contributed by atoms with Crippen LogP contribution in [-0.2, 0) is 6.54 Å². The summed E-state index contributed by atoms with van der Waals surface area (Å²) in [6, 6.07) is 7.46. The van der Waals surface area contributed by atoms with E-state index >= 15 is 0 Å². The lowest BCUT2D eigenvalue weighted by Gasteiger charge is -2.11. The van der Waals surface area contributed by atoms with Gasteiger partial charge < -0.3 is 14.5 Å². The molecule has 0 aliphatic rings. The molecule has 0 fully saturated rings. The Hall–Kier alpha value is -2.28. The molecule has 0 radical (unpaired) electrons. The van der Waals surface area contributed by atoms with Gasteiger partial charge in [0.1, 0.15) is 0 Å². The van der Waals surface area contributed by atoms with Crippen molar-refractivity contribution in [2.45, 2.75) is 13.5 Å². The molecule has 120 valence electrons. The second-order valence-electron chi connectivity index (χ2n) is 4.96. The van der Waals surface area contributed by atoms with E-state index < -0.39 is 0 Å². The normalized spacial score (nSPS) is 10.9. The van der Waals surface area contributed by atoms with Crippen LogP contribution < -0.4 is 15.2 Å². The van der Waals surface area contributed by atoms with Gasteiger partial charge in [-0.3, -0.25) is 4.57 Å². The van der Waals surface area contributed by atoms with E-state index in [0.717, 1.165) is 10.0 Å². The second kappa shape index (κ2) is 6.45. The average Bonchev–Trinajstić information content (AvgIpc) is 2.83. The Morgan fingerprint density at radius 3 is 2.87 bits per heavy atom. The lowest BCUT2D eigenvalue weighted by Crippen LogP contribution is -2.17. The molecule has 0 aliphatic heterocycles. The molecular formula is C16H16BrN3O3. The number of halogens is 1. The van der Waals surface area contributed by atoms with Crippen molar-refractivity contribution in [3.8, 4) is 11.5 Å². The van der Waals surface area contributed by atoms with Crippen LogP contribution in [0.2, 0.25) is 0 Å². The Bertz CT molecular complexity index is 901. The highest BCUT2D eigenvalue weighted by Gasteiger charge is 2.11. The van der Waals surface area contributed by atoms with Crippen LogP contribution in [0.25, 0.3) is 11.2 Å². The van der Waals surface area contributed by atoms with Crippen molar-refractivity contribution in [1.29, 1.82) is 0 Å². The molecule has 0 spiro atoms. The Kier molecular flexibility index (Phi) is 4.38. The molecule has 0 amide bonds. The molecule has 0 atom stereocenters. The monoisotopic (exact) mass is 377 g/mol. The number of ether oxygens (including phenoxy) is 2. The summed E-state index contributed by atoms with van der Waals surface area (Å²) < 4.78 is 13.3. The maximum atomic E-state index is 12.2. The number of methoxy groups -OCH3 is 1. The summed E-state index contributed by atoms with van der Waals surface area (Å²) in [5, 5.41) is 0. The van der Waals surface area contributed by atoms with Gasteiger partial charge in [-0.1, -0.05) is 6.07 Å². The van der Waals surface area contributed by atoms with E-state index in [1.165, 1.54) is 0 Å². The topological polar surface area (TPSA) is 69.1 Å². The molecular weight excluding hydrogens is 362 g/mol. The molecule has 7 heteroatoms. The van der Waals surface area contributed by atoms with Crippen molar-refractivity contribution in [2.24, 2.45) is 0 Å². The average molecular weight is 378 g/mol. The standard InChI is InChI=1S/C16H16BrN3O3/c1-3-23-14-6-10(4-5-13(14)22-2)9-20-15-12(19-16(20)21)7-11(17)8-18-15/h4-8H,3,9H2,1-2H3,(H,19,21). The minimum atomic E-state index is -0.195. The number of benzene rings is 1. The lowest BCUT2D eigenvalue weighted by molar-refractivity contribution is 0.310. The van der Waals surface area contributed by atoms with E-state index in [0.29, 0.717) is 35.8 Å². The molecule has 0 unspecified atom stereocenters. The molecule has 1 N–H and O–H groups in total. The number of nitrogens with zero attached hydrogens (tertiary/aromatic N) is 2. The number of hydrogen-bond acceptors (Lipinski definition) is 4. The van der Waals surface area contributed by atoms with Gasteiger partial charge >= 0.3 is 5.69 Å². The van der Waals surface area contributed by atoms with Crippen LogP contribution in [0, 0.1) is 0 Å². The Labute approximate surface area is 141 Å². The summed E-state index contributed by atoms with van der Waals surface area (Å²) in [7, 11) is 1.60. The summed E-state index contributed by atoms with van der Waals surface area (Å²) in [5.41, 5.74) is 2.05. The van der Waals surface area contributed by atoms with Crippen LogP contribution in [0.15, 0.2) is 39.7 Å². The third kappa shape index (κ3) is 3.10. The van der Waals surface area contributed by atoms with Crippen LogP contribution in [0.5, 0.6) is 11.5 Å². The fourth-order valence-corrected chi connectivity index (χ4v) is 2.77. The van der Waals surface area contributed by atoms with E-state index in [9.17, 15) is 4.79 Å². The molecule has 2 aromatic heterocycles. The van der Waals surface area contributed by atoms with Crippen LogP contribution in [-0.4, -0.2) is 28.3 Å². The molecule has 1 aromatic carbocycles. The third-order valence-electron chi connectivity index (χ3n) is 3.44. The Balaban J connectivity index is 2.00. The molecule has 23 heavy (non-hydrogen) atoms. The van der Waals surface area contributed by atoms with E-state index in [1.807, 2.05) is 31.2 Å². The van der Waals surface area contributed by atoms with Crippen molar-refractivity contribution >= 4 is 27.1 Å². The molecule has 0 saturated carbocycles. The first-order valence-corrected chi connectivity index (χ1v) is 7.95. The zero-order valence-corrected chi connectivity index (χ0v) is 14.4. The number of imidazole rings is 1. The SMILES string of the molecule is CCOc1cc(Cn2c(=O)[nH]c3cc(Br)cnc32)ccc1OC. The molecule has 6 nitrogen and oxygen atoms in total. The maximum absolute atomic E-state index is 12.2. The highest BCUT2D eigenvalue weighted by Crippen LogP contribution is 2.28. The first kappa shape index (κ1) is 15.6. The summed E-state index contributed by atoms with van der Waals surface area (Å²) in [4.78, 5) is 19.3. The number of hydrogen-bond donors (Lipinski definition) is 1. The predicted molar refractivity (Wildman–Crippen MR) is 91.3 cm³/mol. The van der Waals surface area contributed by atoms with Gasteiger partial charge in [-0.05, 0) is 46.6 Å². The highest BCUT2D eigenvalue weighted by atomic mass is 79.9. The molecule has 0 bridgehead atoms. The van der Waals surface area contributed by atoms with Crippen molar-refractivity contribution in [1.82, 2.24) is 14.5 Å². The van der Waals surface area contributed by atoms with Gasteiger partial charge in [0.15, 0.2) is 17.1 Å². The lowest BCUT2D eigenvalue weighted by atomic mass is 10.2. The number of H-pyrrole nitrogens is 1. The van der Waals surface area contributed by atoms with Gasteiger partial charge in [0, 0.05) is 10.7 Å². The number of rotatable bonds is 5. The van der Waals surface area contributed by atoms with Gasteiger partial charge in [-0.25, -0.2) is 9.78 Å². The zero-order chi connectivity index (χ0) is 16.4. The molecule has 0 saturated heterocycles. The van der Waals surface area contributed by atoms with Crippen molar-refractivity contribution in [2.75, 3.05) is 13.7 Å². The highest BCUT2D eigenvalue weighted by molar-refractivity contribution is 9.10. The molecule has 3 aromatic rings. The number of aromatic nitrogens is 3. The molecule has 0 aliphatic carbocycles. The largest absolute Gasteiger partial charge is 0.493 e. The summed E-state index contributed by atoms with van der Waals surface area (Å²) in [6.07, 6.45) is 1.67. The third-order valence-corrected chi connectivity index (χ3v) is 3.88. The van der Waals surface area contributed by atoms with Crippen molar-refractivity contribution in [3.63, 3.8) is 0 Å². The van der Waals surface area contributed by atoms with Gasteiger partial charge in [-0.2, -0.15) is 0 Å². The smallest absolute Gasteiger partial charge is 0.327 e. The molecule has 3 rings (SSSR count). The van der Waals surface area contributed by atoms with Crippen molar-refractivity contribution in [3.05, 3.63) is 51.0 Å². The minimum absolute atomic E-state index is 0.195. The summed E-state index contributed by atoms with van der Waals surface area (Å²) in [5.74, 6) is 1.33. The Morgan fingerprint density at radius 2 is 2.13 bits per heavy atom. The fourth-order valence-electron chi connectivity index (χ4n) is 2.44. The van der Waals surface area contributed by atoms with Crippen LogP contribution in [0.3, 0.4) is 0 Å². The van der Waals surface area contributed by atoms with E-state index in [1.54, 1.807) is 17.9 Å². The van der Waals surface area contributed by atoms with Crippen molar-refractivity contribution < 1.29 is 9.47 Å². The minimum Gasteiger partial charge on any atom is -0.493 e. The van der Waals surface area contributed by atoms with Crippen LogP contribution >= 0.6 is 15.9 Å². The Morgan fingerprint density at radius 1 is 1.30 bits per heavy atom.